The van der Waals surface area contributed by atoms with E-state index in [1.54, 1.807) is 26.0 Å². The van der Waals surface area contributed by atoms with Gasteiger partial charge in [0.2, 0.25) is 10.0 Å². The van der Waals surface area contributed by atoms with E-state index in [-0.39, 0.29) is 35.9 Å². The number of halogens is 1. The highest BCUT2D eigenvalue weighted by Crippen LogP contribution is 2.29. The lowest BCUT2D eigenvalue weighted by atomic mass is 9.99. The molecular weight excluding hydrogens is 493 g/mol. The van der Waals surface area contributed by atoms with Crippen LogP contribution in [0.4, 0.5) is 10.1 Å². The number of hydrogen-bond donors (Lipinski definition) is 0. The number of anilines is 1. The number of carbonyl (C=O) groups is 1. The minimum atomic E-state index is -3.78. The van der Waals surface area contributed by atoms with Crippen molar-refractivity contribution in [2.24, 2.45) is 0 Å². The second-order valence-corrected chi connectivity index (χ2v) is 12.3. The van der Waals surface area contributed by atoms with Crippen LogP contribution >= 0.6 is 0 Å². The van der Waals surface area contributed by atoms with Gasteiger partial charge in [-0.1, -0.05) is 0 Å². The zero-order valence-electron chi connectivity index (χ0n) is 23.1. The molecule has 0 saturated carbocycles. The molecule has 0 amide bonds. The number of aryl methyl sites for hydroxylation is 3. The van der Waals surface area contributed by atoms with Gasteiger partial charge >= 0.3 is 0 Å². The number of carbonyl (C=O) groups excluding carboxylic acids is 1. The van der Waals surface area contributed by atoms with Gasteiger partial charge in [0.1, 0.15) is 17.3 Å². The number of methoxy groups -OCH3 is 1. The van der Waals surface area contributed by atoms with E-state index < -0.39 is 10.0 Å². The van der Waals surface area contributed by atoms with Crippen molar-refractivity contribution < 1.29 is 22.3 Å². The standard InChI is InChI=1S/C28H40FN3O4S/c1-19-16-27(32-12-8-23(9-13-32)30(4)5)26(29)18-22(19)17-24(33)10-11-31(6)37(34,35)28-20(2)14-25(36-7)15-21(28)3/h14-16,18,23H,8-13,17H2,1-7H3. The van der Waals surface area contributed by atoms with Gasteiger partial charge in [0.05, 0.1) is 17.7 Å². The Morgan fingerprint density at radius 2 is 1.62 bits per heavy atom. The van der Waals surface area contributed by atoms with E-state index >= 15 is 4.39 Å². The summed E-state index contributed by atoms with van der Waals surface area (Å²) in [6, 6.07) is 7.18. The molecule has 1 heterocycles. The summed E-state index contributed by atoms with van der Waals surface area (Å²) in [7, 11) is 3.38. The van der Waals surface area contributed by atoms with E-state index in [0.29, 0.717) is 34.2 Å². The van der Waals surface area contributed by atoms with Gasteiger partial charge in [0, 0.05) is 45.6 Å². The number of ketones is 1. The molecule has 2 aromatic rings. The van der Waals surface area contributed by atoms with Crippen LogP contribution in [0.1, 0.15) is 41.5 Å². The molecule has 9 heteroatoms. The summed E-state index contributed by atoms with van der Waals surface area (Å²) in [6.45, 7) is 6.99. The molecule has 1 fully saturated rings. The molecule has 0 radical (unpaired) electrons. The summed E-state index contributed by atoms with van der Waals surface area (Å²) in [4.78, 5) is 17.3. The van der Waals surface area contributed by atoms with Crippen molar-refractivity contribution in [3.8, 4) is 5.75 Å². The van der Waals surface area contributed by atoms with Crippen molar-refractivity contribution in [2.75, 3.05) is 52.8 Å². The first-order valence-electron chi connectivity index (χ1n) is 12.7. The van der Waals surface area contributed by atoms with E-state index in [2.05, 4.69) is 23.9 Å². The smallest absolute Gasteiger partial charge is 0.243 e. The first-order chi connectivity index (χ1) is 17.3. The average Bonchev–Trinajstić information content (AvgIpc) is 2.83. The first kappa shape index (κ1) is 29.1. The van der Waals surface area contributed by atoms with Crippen molar-refractivity contribution in [1.29, 1.82) is 0 Å². The molecule has 1 saturated heterocycles. The SMILES string of the molecule is COc1cc(C)c(S(=O)(=O)N(C)CCC(=O)Cc2cc(F)c(N3CCC(N(C)C)CC3)cc2C)c(C)c1. The molecule has 0 aromatic heterocycles. The minimum Gasteiger partial charge on any atom is -0.497 e. The largest absolute Gasteiger partial charge is 0.497 e. The van der Waals surface area contributed by atoms with E-state index in [1.807, 2.05) is 13.0 Å². The van der Waals surface area contributed by atoms with Crippen molar-refractivity contribution in [3.05, 3.63) is 52.3 Å². The van der Waals surface area contributed by atoms with Crippen LogP contribution in [-0.2, 0) is 21.2 Å². The number of rotatable bonds is 10. The van der Waals surface area contributed by atoms with Crippen LogP contribution in [0, 0.1) is 26.6 Å². The zero-order valence-corrected chi connectivity index (χ0v) is 23.9. The molecule has 7 nitrogen and oxygen atoms in total. The third-order valence-electron chi connectivity index (χ3n) is 7.37. The minimum absolute atomic E-state index is 0.0465. The maximum atomic E-state index is 15.0. The van der Waals surface area contributed by atoms with Gasteiger partial charge in [-0.25, -0.2) is 17.1 Å². The quantitative estimate of drug-likeness (QED) is 0.458. The molecule has 0 atom stereocenters. The number of nitrogens with zero attached hydrogens (tertiary/aromatic N) is 3. The Kier molecular flexibility index (Phi) is 9.37. The third-order valence-corrected chi connectivity index (χ3v) is 9.53. The van der Waals surface area contributed by atoms with Crippen LogP contribution < -0.4 is 9.64 Å². The van der Waals surface area contributed by atoms with E-state index in [4.69, 9.17) is 4.74 Å². The fraction of sp³-hybridized carbons (Fsp3) is 0.536. The molecule has 0 aliphatic carbocycles. The first-order valence-corrected chi connectivity index (χ1v) is 14.1. The van der Waals surface area contributed by atoms with Gasteiger partial charge in [-0.3, -0.25) is 4.79 Å². The molecule has 37 heavy (non-hydrogen) atoms. The van der Waals surface area contributed by atoms with Crippen molar-refractivity contribution in [1.82, 2.24) is 9.21 Å². The summed E-state index contributed by atoms with van der Waals surface area (Å²) >= 11 is 0. The number of sulfonamides is 1. The Bertz CT molecular complexity index is 1220. The highest BCUT2D eigenvalue weighted by molar-refractivity contribution is 7.89. The van der Waals surface area contributed by atoms with Crippen LogP contribution in [0.2, 0.25) is 0 Å². The molecular formula is C28H40FN3O4S. The van der Waals surface area contributed by atoms with Crippen molar-refractivity contribution >= 4 is 21.5 Å². The van der Waals surface area contributed by atoms with Crippen molar-refractivity contribution in [2.45, 2.75) is 57.4 Å². The van der Waals surface area contributed by atoms with Crippen LogP contribution in [0.3, 0.4) is 0 Å². The van der Waals surface area contributed by atoms with Gasteiger partial charge in [-0.05, 0) is 94.2 Å². The Balaban J connectivity index is 1.64. The molecule has 0 unspecified atom stereocenters. The summed E-state index contributed by atoms with van der Waals surface area (Å²) in [5.74, 6) is 0.146. The summed E-state index contributed by atoms with van der Waals surface area (Å²) in [6.07, 6.45) is 2.08. The van der Waals surface area contributed by atoms with Crippen LogP contribution in [-0.4, -0.2) is 77.3 Å². The van der Waals surface area contributed by atoms with Crippen LogP contribution in [0.15, 0.2) is 29.2 Å². The predicted octanol–water partition coefficient (Wildman–Crippen LogP) is 4.11. The van der Waals surface area contributed by atoms with E-state index in [0.717, 1.165) is 31.5 Å². The summed E-state index contributed by atoms with van der Waals surface area (Å²) in [5.41, 5.74) is 3.27. The molecule has 0 bridgehead atoms. The molecule has 1 aliphatic heterocycles. The van der Waals surface area contributed by atoms with Crippen LogP contribution in [0.5, 0.6) is 5.75 Å². The van der Waals surface area contributed by atoms with Gasteiger partial charge < -0.3 is 14.5 Å². The monoisotopic (exact) mass is 533 g/mol. The molecule has 1 aliphatic rings. The topological polar surface area (TPSA) is 70.2 Å². The lowest BCUT2D eigenvalue weighted by Crippen LogP contribution is -2.42. The predicted molar refractivity (Wildman–Crippen MR) is 146 cm³/mol. The second-order valence-electron chi connectivity index (χ2n) is 10.3. The van der Waals surface area contributed by atoms with Crippen molar-refractivity contribution in [3.63, 3.8) is 0 Å². The van der Waals surface area contributed by atoms with Gasteiger partial charge in [0.15, 0.2) is 0 Å². The molecule has 0 N–H and O–H groups in total. The van der Waals surface area contributed by atoms with Gasteiger partial charge in [0.25, 0.3) is 0 Å². The maximum Gasteiger partial charge on any atom is 0.243 e. The molecule has 0 spiro atoms. The van der Waals surface area contributed by atoms with Gasteiger partial charge in [-0.15, -0.1) is 0 Å². The average molecular weight is 534 g/mol. The van der Waals surface area contributed by atoms with E-state index in [9.17, 15) is 13.2 Å². The fourth-order valence-corrected chi connectivity index (χ4v) is 6.63. The molecule has 3 rings (SSSR count). The van der Waals surface area contributed by atoms with Crippen LogP contribution in [0.25, 0.3) is 0 Å². The van der Waals surface area contributed by atoms with Gasteiger partial charge in [-0.2, -0.15) is 0 Å². The Labute approximate surface area is 221 Å². The number of piperidine rings is 1. The highest BCUT2D eigenvalue weighted by Gasteiger charge is 2.27. The molecule has 2 aromatic carbocycles. The fourth-order valence-electron chi connectivity index (χ4n) is 5.06. The number of benzene rings is 2. The third kappa shape index (κ3) is 6.69. The lowest BCUT2D eigenvalue weighted by Gasteiger charge is -2.36. The second kappa shape index (κ2) is 11.9. The maximum absolute atomic E-state index is 15.0. The normalized spacial score (nSPS) is 15.0. The zero-order chi connectivity index (χ0) is 27.5. The molecule has 204 valence electrons. The summed E-state index contributed by atoms with van der Waals surface area (Å²) in [5, 5.41) is 0. The Hall–Kier alpha value is -2.49. The highest BCUT2D eigenvalue weighted by atomic mass is 32.2. The summed E-state index contributed by atoms with van der Waals surface area (Å²) < 4.78 is 47.9. The Morgan fingerprint density at radius 3 is 2.16 bits per heavy atom. The van der Waals surface area contributed by atoms with E-state index in [1.165, 1.54) is 24.5 Å². The Morgan fingerprint density at radius 1 is 1.03 bits per heavy atom. The number of hydrogen-bond acceptors (Lipinski definition) is 6. The number of Topliss-reactive ketones (excluding diaryl/α,β-unsaturated/α-hetero) is 1. The number of ether oxygens (including phenoxy) is 1. The lowest BCUT2D eigenvalue weighted by molar-refractivity contribution is -0.118.